The topological polar surface area (TPSA) is 50.3 Å². The molecule has 1 saturated heterocycles. The maximum atomic E-state index is 5.69. The largest absolute Gasteiger partial charge is 0.409 e. The molecule has 0 aliphatic carbocycles. The van der Waals surface area contributed by atoms with Crippen molar-refractivity contribution in [3.05, 3.63) is 59.1 Å². The van der Waals surface area contributed by atoms with Gasteiger partial charge in [-0.3, -0.25) is 4.90 Å². The molecule has 1 fully saturated rings. The molecule has 1 aromatic carbocycles. The fraction of sp³-hybridized carbons (Fsp3) is 0.316. The number of piperazine rings is 1. The number of nitrogens with zero attached hydrogens (tertiary/aromatic N) is 5. The maximum absolute atomic E-state index is 5.69. The van der Waals surface area contributed by atoms with E-state index in [1.165, 1.54) is 5.56 Å². The van der Waals surface area contributed by atoms with Crippen LogP contribution in [0, 0.1) is 11.8 Å². The second kappa shape index (κ2) is 7.39. The molecule has 1 aliphatic heterocycles. The Morgan fingerprint density at radius 2 is 1.81 bits per heavy atom. The molecule has 6 nitrogen and oxygen atoms in total. The van der Waals surface area contributed by atoms with Crippen LogP contribution in [0.2, 0.25) is 0 Å². The number of aromatic nitrogens is 3. The Bertz CT molecular complexity index is 911. The molecule has 0 N–H and O–H groups in total. The molecule has 1 aliphatic rings. The van der Waals surface area contributed by atoms with Gasteiger partial charge < -0.3 is 9.32 Å². The summed E-state index contributed by atoms with van der Waals surface area (Å²) in [6.45, 7) is 6.45. The highest BCUT2D eigenvalue weighted by Gasteiger charge is 2.19. The van der Waals surface area contributed by atoms with Crippen LogP contribution in [0.4, 0.5) is 5.82 Å². The molecule has 0 amide bonds. The summed E-state index contributed by atoms with van der Waals surface area (Å²) < 4.78 is 7.46. The van der Waals surface area contributed by atoms with Gasteiger partial charge in [-0.05, 0) is 43.4 Å². The second-order valence-electron chi connectivity index (χ2n) is 6.47. The zero-order valence-electron chi connectivity index (χ0n) is 14.7. The highest BCUT2D eigenvalue weighted by Crippen LogP contribution is 2.19. The quantitative estimate of drug-likeness (QED) is 0.659. The molecule has 0 radical (unpaired) electrons. The lowest BCUT2D eigenvalue weighted by Gasteiger charge is -2.34. The van der Waals surface area contributed by atoms with Gasteiger partial charge in [-0.2, -0.15) is 0 Å². The van der Waals surface area contributed by atoms with Gasteiger partial charge in [-0.15, -0.1) is 5.10 Å². The van der Waals surface area contributed by atoms with Crippen LogP contribution in [0.3, 0.4) is 0 Å². The normalized spacial score (nSPS) is 15.3. The van der Waals surface area contributed by atoms with Gasteiger partial charge in [0, 0.05) is 37.9 Å². The van der Waals surface area contributed by atoms with Gasteiger partial charge in [0.25, 0.3) is 4.84 Å². The van der Waals surface area contributed by atoms with E-state index in [-0.39, 0.29) is 0 Å². The fourth-order valence-electron chi connectivity index (χ4n) is 3.06. The molecule has 0 saturated carbocycles. The first kappa shape index (κ1) is 16.9. The Labute approximate surface area is 157 Å². The SMILES string of the molecule is Cc1ccc(-c2nn(CN3CCN(c4ccccn4)CC3)c(=S)o2)cc1. The number of hydrogen-bond donors (Lipinski definition) is 0. The van der Waals surface area contributed by atoms with Crippen molar-refractivity contribution in [2.24, 2.45) is 0 Å². The molecular formula is C19H21N5OS. The summed E-state index contributed by atoms with van der Waals surface area (Å²) in [6, 6.07) is 14.1. The van der Waals surface area contributed by atoms with E-state index in [0.717, 1.165) is 37.6 Å². The van der Waals surface area contributed by atoms with Crippen molar-refractivity contribution in [1.82, 2.24) is 19.7 Å². The molecule has 0 unspecified atom stereocenters. The van der Waals surface area contributed by atoms with Crippen molar-refractivity contribution in [1.29, 1.82) is 0 Å². The van der Waals surface area contributed by atoms with Gasteiger partial charge in [0.05, 0.1) is 6.67 Å². The Morgan fingerprint density at radius 3 is 2.50 bits per heavy atom. The Hall–Kier alpha value is -2.51. The first-order valence-corrected chi connectivity index (χ1v) is 9.13. The van der Waals surface area contributed by atoms with E-state index in [0.29, 0.717) is 17.4 Å². The summed E-state index contributed by atoms with van der Waals surface area (Å²) in [5, 5.41) is 4.56. The van der Waals surface area contributed by atoms with Gasteiger partial charge in [0.2, 0.25) is 5.89 Å². The van der Waals surface area contributed by atoms with Crippen molar-refractivity contribution >= 4 is 18.0 Å². The zero-order chi connectivity index (χ0) is 17.9. The summed E-state index contributed by atoms with van der Waals surface area (Å²) in [4.78, 5) is 9.47. The van der Waals surface area contributed by atoms with Gasteiger partial charge in [0.15, 0.2) is 0 Å². The van der Waals surface area contributed by atoms with Crippen LogP contribution < -0.4 is 4.90 Å². The predicted molar refractivity (Wildman–Crippen MR) is 104 cm³/mol. The third-order valence-corrected chi connectivity index (χ3v) is 4.88. The van der Waals surface area contributed by atoms with Crippen LogP contribution in [0.15, 0.2) is 53.1 Å². The Kier molecular flexibility index (Phi) is 4.81. The van der Waals surface area contributed by atoms with Crippen LogP contribution in [-0.4, -0.2) is 45.8 Å². The number of rotatable bonds is 4. The molecule has 7 heteroatoms. The Morgan fingerprint density at radius 1 is 1.04 bits per heavy atom. The van der Waals surface area contributed by atoms with Crippen LogP contribution in [0.25, 0.3) is 11.5 Å². The van der Waals surface area contributed by atoms with E-state index < -0.39 is 0 Å². The van der Waals surface area contributed by atoms with Crippen molar-refractivity contribution in [3.63, 3.8) is 0 Å². The number of hydrogen-bond acceptors (Lipinski definition) is 6. The number of anilines is 1. The third-order valence-electron chi connectivity index (χ3n) is 4.58. The number of aryl methyl sites for hydroxylation is 1. The third kappa shape index (κ3) is 3.68. The van der Waals surface area contributed by atoms with E-state index in [2.05, 4.69) is 32.9 Å². The van der Waals surface area contributed by atoms with E-state index >= 15 is 0 Å². The summed E-state index contributed by atoms with van der Waals surface area (Å²) in [7, 11) is 0. The molecule has 3 heterocycles. The lowest BCUT2D eigenvalue weighted by molar-refractivity contribution is 0.192. The lowest BCUT2D eigenvalue weighted by Crippen LogP contribution is -2.47. The van der Waals surface area contributed by atoms with Crippen molar-refractivity contribution < 1.29 is 4.42 Å². The summed E-state index contributed by atoms with van der Waals surface area (Å²) >= 11 is 5.35. The fourth-order valence-corrected chi connectivity index (χ4v) is 3.23. The highest BCUT2D eigenvalue weighted by atomic mass is 32.1. The molecule has 0 atom stereocenters. The van der Waals surface area contributed by atoms with Crippen LogP contribution in [0.1, 0.15) is 5.56 Å². The van der Waals surface area contributed by atoms with E-state index in [4.69, 9.17) is 16.6 Å². The van der Waals surface area contributed by atoms with Gasteiger partial charge in [-0.1, -0.05) is 23.8 Å². The van der Waals surface area contributed by atoms with Crippen LogP contribution >= 0.6 is 12.2 Å². The summed E-state index contributed by atoms with van der Waals surface area (Å²) in [5.41, 5.74) is 2.15. The van der Waals surface area contributed by atoms with E-state index in [9.17, 15) is 0 Å². The van der Waals surface area contributed by atoms with Gasteiger partial charge in [-0.25, -0.2) is 9.67 Å². The minimum Gasteiger partial charge on any atom is -0.409 e. The molecule has 4 rings (SSSR count). The molecular weight excluding hydrogens is 346 g/mol. The van der Waals surface area contributed by atoms with Crippen LogP contribution in [-0.2, 0) is 6.67 Å². The zero-order valence-corrected chi connectivity index (χ0v) is 15.5. The van der Waals surface area contributed by atoms with E-state index in [1.54, 1.807) is 4.68 Å². The highest BCUT2D eigenvalue weighted by molar-refractivity contribution is 7.71. The number of pyridine rings is 1. The van der Waals surface area contributed by atoms with Crippen molar-refractivity contribution in [2.45, 2.75) is 13.6 Å². The van der Waals surface area contributed by atoms with Crippen molar-refractivity contribution in [3.8, 4) is 11.5 Å². The molecule has 26 heavy (non-hydrogen) atoms. The Balaban J connectivity index is 1.41. The minimum absolute atomic E-state index is 0.410. The molecule has 3 aromatic rings. The standard InChI is InChI=1S/C19H21N5OS/c1-15-5-7-16(8-6-15)18-21-24(19(26)25-18)14-22-10-12-23(13-11-22)17-4-2-3-9-20-17/h2-9H,10-14H2,1H3. The van der Waals surface area contributed by atoms with Crippen LogP contribution in [0.5, 0.6) is 0 Å². The van der Waals surface area contributed by atoms with Gasteiger partial charge in [0.1, 0.15) is 5.82 Å². The predicted octanol–water partition coefficient (Wildman–Crippen LogP) is 3.36. The molecule has 2 aromatic heterocycles. The minimum atomic E-state index is 0.410. The average molecular weight is 367 g/mol. The molecule has 0 spiro atoms. The maximum Gasteiger partial charge on any atom is 0.288 e. The molecule has 0 bridgehead atoms. The monoisotopic (exact) mass is 367 g/mol. The first-order chi connectivity index (χ1) is 12.7. The first-order valence-electron chi connectivity index (χ1n) is 8.72. The second-order valence-corrected chi connectivity index (χ2v) is 6.82. The lowest BCUT2D eigenvalue weighted by atomic mass is 10.1. The summed E-state index contributed by atoms with van der Waals surface area (Å²) in [6.07, 6.45) is 1.84. The van der Waals surface area contributed by atoms with Gasteiger partial charge >= 0.3 is 0 Å². The molecule has 134 valence electrons. The summed E-state index contributed by atoms with van der Waals surface area (Å²) in [5.74, 6) is 1.61. The average Bonchev–Trinajstić information content (AvgIpc) is 3.04. The smallest absolute Gasteiger partial charge is 0.288 e. The van der Waals surface area contributed by atoms with E-state index in [1.807, 2.05) is 42.6 Å². The number of benzene rings is 1. The van der Waals surface area contributed by atoms with Crippen molar-refractivity contribution in [2.75, 3.05) is 31.1 Å².